The lowest BCUT2D eigenvalue weighted by molar-refractivity contribution is -0.144. The number of hydrogen-bond donors (Lipinski definition) is 2. The first-order valence-corrected chi connectivity index (χ1v) is 9.16. The number of aliphatic hydroxyl groups is 1. The molecule has 1 atom stereocenters. The van der Waals surface area contributed by atoms with Crippen LogP contribution in [0.3, 0.4) is 0 Å². The highest BCUT2D eigenvalue weighted by atomic mass is 16.3. The van der Waals surface area contributed by atoms with Crippen LogP contribution in [0.15, 0.2) is 30.3 Å². The molecule has 1 aromatic carbocycles. The normalized spacial score (nSPS) is 22.2. The first-order chi connectivity index (χ1) is 12.2. The summed E-state index contributed by atoms with van der Waals surface area (Å²) in [7, 11) is 0. The number of aryl methyl sites for hydroxylation is 1. The Labute approximate surface area is 147 Å². The van der Waals surface area contributed by atoms with Gasteiger partial charge in [-0.1, -0.05) is 49.6 Å². The average Bonchev–Trinajstić information content (AvgIpc) is 3.06. The molecule has 6 nitrogen and oxygen atoms in total. The molecule has 2 aliphatic rings. The zero-order chi connectivity index (χ0) is 17.3. The van der Waals surface area contributed by atoms with Crippen LogP contribution in [0.1, 0.15) is 44.3 Å². The summed E-state index contributed by atoms with van der Waals surface area (Å²) in [6.45, 7) is 0.647. The summed E-state index contributed by atoms with van der Waals surface area (Å²) in [5, 5.41) is 22.3. The Morgan fingerprint density at radius 3 is 2.68 bits per heavy atom. The molecule has 0 bridgehead atoms. The first-order valence-electron chi connectivity index (χ1n) is 9.16. The van der Waals surface area contributed by atoms with Crippen molar-refractivity contribution in [3.63, 3.8) is 0 Å². The molecular formula is C19H24N4O2. The van der Waals surface area contributed by atoms with Gasteiger partial charge in [-0.3, -0.25) is 4.79 Å². The zero-order valence-electron chi connectivity index (χ0n) is 14.3. The molecule has 2 N–H and O–H groups in total. The van der Waals surface area contributed by atoms with Crippen LogP contribution in [0.5, 0.6) is 0 Å². The van der Waals surface area contributed by atoms with Gasteiger partial charge in [0.05, 0.1) is 0 Å². The number of aromatic nitrogens is 3. The van der Waals surface area contributed by atoms with Gasteiger partial charge in [-0.2, -0.15) is 0 Å². The van der Waals surface area contributed by atoms with Crippen molar-refractivity contribution in [1.82, 2.24) is 20.1 Å². The van der Waals surface area contributed by atoms with E-state index in [2.05, 4.69) is 20.1 Å². The van der Waals surface area contributed by atoms with Gasteiger partial charge in [0.15, 0.2) is 5.82 Å². The summed E-state index contributed by atoms with van der Waals surface area (Å²) in [6, 6.07) is 9.98. The van der Waals surface area contributed by atoms with Crippen molar-refractivity contribution in [3.05, 3.63) is 36.2 Å². The van der Waals surface area contributed by atoms with Crippen LogP contribution in [0.4, 0.5) is 0 Å². The van der Waals surface area contributed by atoms with E-state index >= 15 is 0 Å². The van der Waals surface area contributed by atoms with E-state index in [0.29, 0.717) is 19.4 Å². The van der Waals surface area contributed by atoms with Crippen LogP contribution < -0.4 is 5.32 Å². The zero-order valence-corrected chi connectivity index (χ0v) is 14.3. The highest BCUT2D eigenvalue weighted by Gasteiger charge is 2.38. The van der Waals surface area contributed by atoms with E-state index in [1.807, 2.05) is 30.3 Å². The number of nitrogens with one attached hydrogen (secondary N) is 1. The molecule has 6 heteroatoms. The Bertz CT molecular complexity index is 750. The summed E-state index contributed by atoms with van der Waals surface area (Å²) < 4.78 is 2.09. The number of benzene rings is 1. The third-order valence-electron chi connectivity index (χ3n) is 5.42. The van der Waals surface area contributed by atoms with Crippen molar-refractivity contribution in [3.8, 4) is 11.4 Å². The summed E-state index contributed by atoms with van der Waals surface area (Å²) in [4.78, 5) is 12.6. The number of rotatable bonds is 3. The second-order valence-corrected chi connectivity index (χ2v) is 7.22. The van der Waals surface area contributed by atoms with Crippen molar-refractivity contribution in [2.24, 2.45) is 0 Å². The van der Waals surface area contributed by atoms with Gasteiger partial charge in [0.25, 0.3) is 5.91 Å². The highest BCUT2D eigenvalue weighted by Crippen LogP contribution is 2.29. The topological polar surface area (TPSA) is 80.0 Å². The highest BCUT2D eigenvalue weighted by molar-refractivity contribution is 5.85. The number of fused-ring (bicyclic) bond motifs is 1. The summed E-state index contributed by atoms with van der Waals surface area (Å²) in [5.41, 5.74) is -0.160. The fourth-order valence-electron chi connectivity index (χ4n) is 3.93. The molecule has 0 spiro atoms. The summed E-state index contributed by atoms with van der Waals surface area (Å²) in [6.07, 6.45) is 5.68. The van der Waals surface area contributed by atoms with Crippen molar-refractivity contribution < 1.29 is 9.90 Å². The van der Waals surface area contributed by atoms with Crippen molar-refractivity contribution >= 4 is 5.91 Å². The van der Waals surface area contributed by atoms with E-state index in [4.69, 9.17) is 0 Å². The van der Waals surface area contributed by atoms with Crippen LogP contribution in [0.25, 0.3) is 11.4 Å². The minimum absolute atomic E-state index is 0.00409. The fourth-order valence-corrected chi connectivity index (χ4v) is 3.93. The third-order valence-corrected chi connectivity index (χ3v) is 5.42. The minimum atomic E-state index is -1.19. The molecule has 0 saturated heterocycles. The maximum Gasteiger partial charge on any atom is 0.252 e. The van der Waals surface area contributed by atoms with Crippen molar-refractivity contribution in [1.29, 1.82) is 0 Å². The van der Waals surface area contributed by atoms with Gasteiger partial charge < -0.3 is 15.0 Å². The van der Waals surface area contributed by atoms with Crippen LogP contribution >= 0.6 is 0 Å². The largest absolute Gasteiger partial charge is 0.380 e. The van der Waals surface area contributed by atoms with E-state index in [1.54, 1.807) is 0 Å². The molecular weight excluding hydrogens is 316 g/mol. The molecule has 1 saturated carbocycles. The van der Waals surface area contributed by atoms with Gasteiger partial charge in [-0.15, -0.1) is 10.2 Å². The summed E-state index contributed by atoms with van der Waals surface area (Å²) in [5.74, 6) is 1.58. The van der Waals surface area contributed by atoms with E-state index in [9.17, 15) is 9.90 Å². The molecule has 1 amide bonds. The van der Waals surface area contributed by atoms with E-state index in [-0.39, 0.29) is 11.9 Å². The third kappa shape index (κ3) is 3.18. The van der Waals surface area contributed by atoms with Gasteiger partial charge in [0.2, 0.25) is 0 Å². The van der Waals surface area contributed by atoms with Gasteiger partial charge >= 0.3 is 0 Å². The van der Waals surface area contributed by atoms with Gasteiger partial charge in [0.1, 0.15) is 11.4 Å². The number of amides is 1. The molecule has 1 unspecified atom stereocenters. The standard InChI is InChI=1S/C19H24N4O2/c24-18(19(25)11-5-2-6-12-19)20-15-9-10-16-21-22-17(23(16)13-15)14-7-3-1-4-8-14/h1,3-4,7-8,15,25H,2,5-6,9-13H2,(H,20,24). The maximum absolute atomic E-state index is 12.6. The van der Waals surface area contributed by atoms with E-state index in [0.717, 1.165) is 49.3 Å². The molecule has 2 aromatic rings. The number of carbonyl (C=O) groups is 1. The van der Waals surface area contributed by atoms with E-state index < -0.39 is 5.60 Å². The van der Waals surface area contributed by atoms with Crippen LogP contribution in [0.2, 0.25) is 0 Å². The number of carbonyl (C=O) groups excluding carboxylic acids is 1. The number of nitrogens with zero attached hydrogens (tertiary/aromatic N) is 3. The van der Waals surface area contributed by atoms with E-state index in [1.165, 1.54) is 0 Å². The Hall–Kier alpha value is -2.21. The molecule has 0 radical (unpaired) electrons. The lowest BCUT2D eigenvalue weighted by atomic mass is 9.84. The molecule has 1 aromatic heterocycles. The smallest absolute Gasteiger partial charge is 0.252 e. The SMILES string of the molecule is O=C(NC1CCc2nnc(-c3ccccc3)n2C1)C1(O)CCCCC1. The molecule has 1 fully saturated rings. The van der Waals surface area contributed by atoms with Gasteiger partial charge in [-0.25, -0.2) is 0 Å². The lowest BCUT2D eigenvalue weighted by Crippen LogP contribution is -2.53. The predicted molar refractivity (Wildman–Crippen MR) is 93.7 cm³/mol. The van der Waals surface area contributed by atoms with Crippen LogP contribution in [0, 0.1) is 0 Å². The Balaban J connectivity index is 1.49. The molecule has 132 valence electrons. The average molecular weight is 340 g/mol. The predicted octanol–water partition coefficient (Wildman–Crippen LogP) is 2.07. The van der Waals surface area contributed by atoms with Gasteiger partial charge in [0, 0.05) is 24.6 Å². The molecule has 25 heavy (non-hydrogen) atoms. The minimum Gasteiger partial charge on any atom is -0.380 e. The Kier molecular flexibility index (Phi) is 4.29. The van der Waals surface area contributed by atoms with Gasteiger partial charge in [-0.05, 0) is 19.3 Å². The molecule has 4 rings (SSSR count). The first kappa shape index (κ1) is 16.3. The second kappa shape index (κ2) is 6.59. The fraction of sp³-hybridized carbons (Fsp3) is 0.526. The lowest BCUT2D eigenvalue weighted by Gasteiger charge is -2.33. The Morgan fingerprint density at radius 1 is 1.16 bits per heavy atom. The molecule has 1 aliphatic heterocycles. The molecule has 2 heterocycles. The molecule has 1 aliphatic carbocycles. The number of hydrogen-bond acceptors (Lipinski definition) is 4. The summed E-state index contributed by atoms with van der Waals surface area (Å²) >= 11 is 0. The van der Waals surface area contributed by atoms with Crippen molar-refractivity contribution in [2.75, 3.05) is 0 Å². The van der Waals surface area contributed by atoms with Crippen LogP contribution in [-0.2, 0) is 17.8 Å². The van der Waals surface area contributed by atoms with Crippen molar-refractivity contribution in [2.45, 2.75) is 63.1 Å². The quantitative estimate of drug-likeness (QED) is 0.896. The maximum atomic E-state index is 12.6. The Morgan fingerprint density at radius 2 is 1.92 bits per heavy atom. The second-order valence-electron chi connectivity index (χ2n) is 7.22. The van der Waals surface area contributed by atoms with Crippen LogP contribution in [-0.4, -0.2) is 37.4 Å². The monoisotopic (exact) mass is 340 g/mol.